The molecule has 0 saturated carbocycles. The highest BCUT2D eigenvalue weighted by Crippen LogP contribution is 2.37. The van der Waals surface area contributed by atoms with Crippen molar-refractivity contribution in [2.24, 2.45) is 0 Å². The van der Waals surface area contributed by atoms with Crippen molar-refractivity contribution in [1.82, 2.24) is 4.98 Å². The van der Waals surface area contributed by atoms with E-state index in [1.54, 1.807) is 0 Å². The van der Waals surface area contributed by atoms with E-state index in [-0.39, 0.29) is 0 Å². The molecule has 0 bridgehead atoms. The Bertz CT molecular complexity index is 449. The van der Waals surface area contributed by atoms with Crippen LogP contribution < -0.4 is 10.2 Å². The molecule has 0 amide bonds. The molecule has 1 aliphatic rings. The number of aromatic nitrogens is 1. The van der Waals surface area contributed by atoms with Crippen LogP contribution in [0.4, 0.5) is 4.39 Å². The molecule has 0 unspecified atom stereocenters. The third-order valence-electron chi connectivity index (χ3n) is 3.59. The van der Waals surface area contributed by atoms with E-state index in [9.17, 15) is 4.39 Å². The maximum atomic E-state index is 13.1. The summed E-state index contributed by atoms with van der Waals surface area (Å²) in [6, 6.07) is 1.22. The molecule has 0 aliphatic carbocycles. The van der Waals surface area contributed by atoms with Crippen LogP contribution in [-0.2, 0) is 9.31 Å². The van der Waals surface area contributed by atoms with Gasteiger partial charge in [0.25, 0.3) is 0 Å². The fraction of sp³-hybridized carbons (Fsp3) is 0.583. The molecule has 2 rings (SSSR count). The van der Waals surface area contributed by atoms with E-state index in [2.05, 4.69) is 4.98 Å². The van der Waals surface area contributed by atoms with Gasteiger partial charge in [-0.2, -0.15) is 4.39 Å². The molecule has 1 fully saturated rings. The van der Waals surface area contributed by atoms with Gasteiger partial charge in [-0.3, -0.25) is 0 Å². The van der Waals surface area contributed by atoms with Crippen LogP contribution in [0.5, 0.6) is 5.75 Å². The van der Waals surface area contributed by atoms with E-state index in [4.69, 9.17) is 14.0 Å². The van der Waals surface area contributed by atoms with Crippen molar-refractivity contribution in [3.63, 3.8) is 0 Å². The fourth-order valence-corrected chi connectivity index (χ4v) is 1.75. The summed E-state index contributed by atoms with van der Waals surface area (Å²) in [5.74, 6) is -0.215. The third-order valence-corrected chi connectivity index (χ3v) is 3.59. The van der Waals surface area contributed by atoms with Gasteiger partial charge in [-0.25, -0.2) is 4.98 Å². The maximum Gasteiger partial charge on any atom is 0.500 e. The van der Waals surface area contributed by atoms with Gasteiger partial charge < -0.3 is 14.0 Å². The minimum atomic E-state index is -0.599. The van der Waals surface area contributed by atoms with Crippen molar-refractivity contribution < 1.29 is 18.4 Å². The molecular formula is C12H17BFNO3. The number of nitrogens with zero attached hydrogens (tertiary/aromatic N) is 1. The summed E-state index contributed by atoms with van der Waals surface area (Å²) in [4.78, 5) is 3.62. The van der Waals surface area contributed by atoms with Gasteiger partial charge >= 0.3 is 7.12 Å². The number of pyridine rings is 1. The first-order chi connectivity index (χ1) is 8.27. The van der Waals surface area contributed by atoms with Gasteiger partial charge in [0.05, 0.1) is 18.3 Å². The predicted octanol–water partition coefficient (Wildman–Crippen LogP) is 1.53. The topological polar surface area (TPSA) is 40.6 Å². The van der Waals surface area contributed by atoms with Gasteiger partial charge in [0.15, 0.2) is 0 Å². The first-order valence-electron chi connectivity index (χ1n) is 5.82. The number of hydrogen-bond acceptors (Lipinski definition) is 4. The second kappa shape index (κ2) is 4.21. The Hall–Kier alpha value is -1.14. The summed E-state index contributed by atoms with van der Waals surface area (Å²) in [6.45, 7) is 7.82. The third kappa shape index (κ3) is 2.10. The number of rotatable bonds is 2. The first kappa shape index (κ1) is 13.3. The summed E-state index contributed by atoms with van der Waals surface area (Å²) in [5, 5.41) is 0. The van der Waals surface area contributed by atoms with E-state index in [1.807, 2.05) is 27.7 Å². The normalized spacial score (nSPS) is 21.1. The lowest BCUT2D eigenvalue weighted by molar-refractivity contribution is 0.00578. The lowest BCUT2D eigenvalue weighted by atomic mass is 9.79. The highest BCUT2D eigenvalue weighted by molar-refractivity contribution is 6.63. The molecule has 4 nitrogen and oxygen atoms in total. The lowest BCUT2D eigenvalue weighted by Crippen LogP contribution is -2.41. The van der Waals surface area contributed by atoms with Crippen molar-refractivity contribution in [1.29, 1.82) is 0 Å². The SMILES string of the molecule is COc1cc(F)ncc1B1OC(C)(C)C(C)(C)O1. The van der Waals surface area contributed by atoms with Crippen molar-refractivity contribution in [3.05, 3.63) is 18.2 Å². The van der Waals surface area contributed by atoms with E-state index in [0.29, 0.717) is 11.2 Å². The van der Waals surface area contributed by atoms with Gasteiger partial charge in [-0.15, -0.1) is 0 Å². The standard InChI is InChI=1S/C12H17BFNO3/c1-11(2)12(3,4)18-13(17-11)8-7-15-10(14)6-9(8)16-5/h6-7H,1-5H3. The Balaban J connectivity index is 2.35. The smallest absolute Gasteiger partial charge is 0.497 e. The molecule has 1 aromatic rings. The molecule has 6 heteroatoms. The molecule has 0 aromatic carbocycles. The Morgan fingerprint density at radius 1 is 1.22 bits per heavy atom. The van der Waals surface area contributed by atoms with Gasteiger partial charge in [0.2, 0.25) is 5.95 Å². The van der Waals surface area contributed by atoms with Crippen LogP contribution in [0.1, 0.15) is 27.7 Å². The molecule has 2 heterocycles. The second-order valence-electron chi connectivity index (χ2n) is 5.34. The predicted molar refractivity (Wildman–Crippen MR) is 66.5 cm³/mol. The van der Waals surface area contributed by atoms with E-state index < -0.39 is 24.3 Å². The van der Waals surface area contributed by atoms with Crippen molar-refractivity contribution in [2.45, 2.75) is 38.9 Å². The van der Waals surface area contributed by atoms with Crippen LogP contribution in [-0.4, -0.2) is 30.4 Å². The van der Waals surface area contributed by atoms with Crippen LogP contribution in [0.2, 0.25) is 0 Å². The van der Waals surface area contributed by atoms with Crippen LogP contribution in [0.15, 0.2) is 12.3 Å². The Kier molecular flexibility index (Phi) is 3.11. The van der Waals surface area contributed by atoms with Gasteiger partial charge in [0.1, 0.15) is 5.75 Å². The summed E-state index contributed by atoms with van der Waals surface area (Å²) in [6.07, 6.45) is 1.39. The molecule has 0 spiro atoms. The zero-order chi connectivity index (χ0) is 13.6. The molecule has 1 aliphatic heterocycles. The molecule has 1 saturated heterocycles. The average Bonchev–Trinajstić information content (AvgIpc) is 2.47. The van der Waals surface area contributed by atoms with E-state index in [0.717, 1.165) is 0 Å². The largest absolute Gasteiger partial charge is 0.500 e. The van der Waals surface area contributed by atoms with Gasteiger partial charge in [0, 0.05) is 17.7 Å². The molecular weight excluding hydrogens is 236 g/mol. The Morgan fingerprint density at radius 3 is 2.28 bits per heavy atom. The zero-order valence-corrected chi connectivity index (χ0v) is 11.3. The number of halogens is 1. The van der Waals surface area contributed by atoms with Crippen LogP contribution in [0.3, 0.4) is 0 Å². The zero-order valence-electron chi connectivity index (χ0n) is 11.3. The first-order valence-corrected chi connectivity index (χ1v) is 5.82. The van der Waals surface area contributed by atoms with E-state index in [1.165, 1.54) is 19.4 Å². The second-order valence-corrected chi connectivity index (χ2v) is 5.34. The van der Waals surface area contributed by atoms with Gasteiger partial charge in [-0.05, 0) is 27.7 Å². The van der Waals surface area contributed by atoms with Crippen LogP contribution in [0.25, 0.3) is 0 Å². The van der Waals surface area contributed by atoms with Crippen LogP contribution in [0, 0.1) is 5.95 Å². The molecule has 0 atom stereocenters. The molecule has 1 aromatic heterocycles. The monoisotopic (exact) mass is 253 g/mol. The summed E-state index contributed by atoms with van der Waals surface area (Å²) in [5.41, 5.74) is -0.300. The van der Waals surface area contributed by atoms with E-state index >= 15 is 0 Å². The van der Waals surface area contributed by atoms with Crippen molar-refractivity contribution >= 4 is 12.6 Å². The Labute approximate surface area is 107 Å². The molecule has 18 heavy (non-hydrogen) atoms. The quantitative estimate of drug-likeness (QED) is 0.592. The summed E-state index contributed by atoms with van der Waals surface area (Å²) >= 11 is 0. The summed E-state index contributed by atoms with van der Waals surface area (Å²) < 4.78 is 29.9. The highest BCUT2D eigenvalue weighted by atomic mass is 19.1. The minimum absolute atomic E-state index is 0.376. The molecule has 0 N–H and O–H groups in total. The molecule has 0 radical (unpaired) electrons. The Morgan fingerprint density at radius 2 is 1.78 bits per heavy atom. The maximum absolute atomic E-state index is 13.1. The fourth-order valence-electron chi connectivity index (χ4n) is 1.75. The average molecular weight is 253 g/mol. The lowest BCUT2D eigenvalue weighted by Gasteiger charge is -2.32. The highest BCUT2D eigenvalue weighted by Gasteiger charge is 2.52. The summed E-state index contributed by atoms with van der Waals surface area (Å²) in [7, 11) is 0.877. The van der Waals surface area contributed by atoms with Crippen LogP contribution >= 0.6 is 0 Å². The van der Waals surface area contributed by atoms with Gasteiger partial charge in [-0.1, -0.05) is 0 Å². The number of methoxy groups -OCH3 is 1. The minimum Gasteiger partial charge on any atom is -0.497 e. The van der Waals surface area contributed by atoms with Crippen molar-refractivity contribution in [3.8, 4) is 5.75 Å². The van der Waals surface area contributed by atoms with Crippen molar-refractivity contribution in [2.75, 3.05) is 7.11 Å². The number of hydrogen-bond donors (Lipinski definition) is 0. The molecule has 98 valence electrons. The number of ether oxygens (including phenoxy) is 1.